The fourth-order valence-electron chi connectivity index (χ4n) is 4.85. The maximum Gasteiger partial charge on any atom is 0.352 e. The van der Waals surface area contributed by atoms with Gasteiger partial charge in [0.15, 0.2) is 0 Å². The lowest BCUT2D eigenvalue weighted by molar-refractivity contribution is -0.150. The lowest BCUT2D eigenvalue weighted by Crippen LogP contribution is -2.70. The molecular weight excluding hydrogens is 486 g/mol. The maximum atomic E-state index is 12.9. The van der Waals surface area contributed by atoms with E-state index in [1.54, 1.807) is 6.08 Å². The Morgan fingerprint density at radius 1 is 1.20 bits per heavy atom. The first-order valence-electron chi connectivity index (χ1n) is 11.7. The number of nitrogens with one attached hydrogen (secondary N) is 1. The predicted molar refractivity (Wildman–Crippen MR) is 134 cm³/mol. The minimum Gasteiger partial charge on any atom is -0.477 e. The summed E-state index contributed by atoms with van der Waals surface area (Å²) in [5.41, 5.74) is 3.23. The number of fused-ring (bicyclic) bond motifs is 1. The Hall–Kier alpha value is -2.72. The van der Waals surface area contributed by atoms with E-state index in [-0.39, 0.29) is 23.3 Å². The first-order chi connectivity index (χ1) is 16.7. The molecule has 0 unspecified atom stereocenters. The van der Waals surface area contributed by atoms with Crippen molar-refractivity contribution < 1.29 is 24.3 Å². The van der Waals surface area contributed by atoms with E-state index in [1.165, 1.54) is 28.4 Å². The van der Waals surface area contributed by atoms with Gasteiger partial charge in [0.1, 0.15) is 17.1 Å². The van der Waals surface area contributed by atoms with Gasteiger partial charge in [0, 0.05) is 28.8 Å². The second-order valence-corrected chi connectivity index (χ2v) is 11.5. The number of aryl methyl sites for hydroxylation is 2. The van der Waals surface area contributed by atoms with Gasteiger partial charge in [0.25, 0.3) is 5.91 Å². The van der Waals surface area contributed by atoms with Crippen LogP contribution in [0.5, 0.6) is 0 Å². The number of benzene rings is 1. The van der Waals surface area contributed by atoms with Crippen LogP contribution in [0, 0.1) is 13.8 Å². The Bertz CT molecular complexity index is 1170. The summed E-state index contributed by atoms with van der Waals surface area (Å²) in [6.45, 7) is 4.67. The molecule has 1 aromatic carbocycles. The third kappa shape index (κ3) is 4.73. The van der Waals surface area contributed by atoms with Crippen molar-refractivity contribution in [1.29, 1.82) is 0 Å². The number of thioether (sulfide) groups is 2. The number of β-lactam (4-membered cyclic amide) rings is 1. The molecule has 0 spiro atoms. The van der Waals surface area contributed by atoms with Gasteiger partial charge >= 0.3 is 5.97 Å². The Morgan fingerprint density at radius 2 is 1.91 bits per heavy atom. The van der Waals surface area contributed by atoms with Gasteiger partial charge in [-0.3, -0.25) is 19.3 Å². The van der Waals surface area contributed by atoms with Crippen molar-refractivity contribution >= 4 is 47.2 Å². The van der Waals surface area contributed by atoms with E-state index in [2.05, 4.69) is 11.4 Å². The largest absolute Gasteiger partial charge is 0.477 e. The summed E-state index contributed by atoms with van der Waals surface area (Å²) in [6, 6.07) is 5.65. The molecule has 1 saturated carbocycles. The van der Waals surface area contributed by atoms with Crippen molar-refractivity contribution in [2.45, 2.75) is 55.5 Å². The van der Waals surface area contributed by atoms with Gasteiger partial charge in [0.2, 0.25) is 11.8 Å². The molecule has 3 aliphatic heterocycles. The van der Waals surface area contributed by atoms with Crippen LogP contribution in [0.3, 0.4) is 0 Å². The minimum absolute atomic E-state index is 0.0294. The highest BCUT2D eigenvalue weighted by Crippen LogP contribution is 2.42. The molecule has 8 nitrogen and oxygen atoms in total. The summed E-state index contributed by atoms with van der Waals surface area (Å²) >= 11 is 2.81. The summed E-state index contributed by atoms with van der Waals surface area (Å²) in [7, 11) is 0. The molecule has 3 fully saturated rings. The highest BCUT2D eigenvalue weighted by atomic mass is 32.2. The van der Waals surface area contributed by atoms with E-state index >= 15 is 0 Å². The Morgan fingerprint density at radius 3 is 2.57 bits per heavy atom. The fourth-order valence-corrected chi connectivity index (χ4v) is 7.07. The van der Waals surface area contributed by atoms with Gasteiger partial charge < -0.3 is 15.3 Å². The summed E-state index contributed by atoms with van der Waals surface area (Å²) in [5, 5.41) is 12.2. The topological polar surface area (TPSA) is 107 Å². The molecule has 3 heterocycles. The van der Waals surface area contributed by atoms with Crippen LogP contribution in [0.4, 0.5) is 0 Å². The lowest BCUT2D eigenvalue weighted by atomic mass is 10.0. The van der Waals surface area contributed by atoms with Crippen molar-refractivity contribution in [1.82, 2.24) is 15.1 Å². The van der Waals surface area contributed by atoms with Crippen LogP contribution in [0.1, 0.15) is 30.4 Å². The number of carbonyl (C=O) groups excluding carboxylic acids is 3. The molecular formula is C25H27N3O5S2. The van der Waals surface area contributed by atoms with Crippen LogP contribution in [-0.2, 0) is 19.2 Å². The van der Waals surface area contributed by atoms with Gasteiger partial charge in [-0.25, -0.2) is 4.79 Å². The van der Waals surface area contributed by atoms with Crippen LogP contribution in [0.2, 0.25) is 0 Å². The molecule has 0 bridgehead atoms. The monoisotopic (exact) mass is 513 g/mol. The smallest absolute Gasteiger partial charge is 0.352 e. The van der Waals surface area contributed by atoms with E-state index in [0.717, 1.165) is 28.9 Å². The number of hydrogen-bond donors (Lipinski definition) is 2. The summed E-state index contributed by atoms with van der Waals surface area (Å²) in [4.78, 5) is 54.4. The maximum absolute atomic E-state index is 12.9. The third-order valence-electron chi connectivity index (χ3n) is 6.58. The third-order valence-corrected chi connectivity index (χ3v) is 8.85. The fraction of sp³-hybridized carbons (Fsp3) is 0.440. The average Bonchev–Trinajstić information content (AvgIpc) is 3.58. The molecule has 2 saturated heterocycles. The van der Waals surface area contributed by atoms with Crippen LogP contribution >= 0.6 is 23.5 Å². The molecule has 1 aromatic rings. The lowest BCUT2D eigenvalue weighted by Gasteiger charge is -2.49. The van der Waals surface area contributed by atoms with E-state index in [4.69, 9.17) is 0 Å². The van der Waals surface area contributed by atoms with Crippen molar-refractivity contribution in [3.8, 4) is 0 Å². The number of aliphatic carboxylic acids is 1. The number of allylic oxidation sites excluding steroid dienone is 1. The number of rotatable bonds is 7. The van der Waals surface area contributed by atoms with E-state index < -0.39 is 23.3 Å². The van der Waals surface area contributed by atoms with E-state index in [0.29, 0.717) is 35.9 Å². The molecule has 1 aliphatic carbocycles. The van der Waals surface area contributed by atoms with Crippen molar-refractivity contribution in [2.24, 2.45) is 0 Å². The molecule has 10 heteroatoms. The first-order valence-corrected chi connectivity index (χ1v) is 13.7. The van der Waals surface area contributed by atoms with E-state index in [1.807, 2.05) is 30.9 Å². The van der Waals surface area contributed by atoms with Gasteiger partial charge in [-0.05, 0) is 68.0 Å². The number of nitrogens with zero attached hydrogens (tertiary/aromatic N) is 2. The summed E-state index contributed by atoms with van der Waals surface area (Å²) < 4.78 is 0. The highest BCUT2D eigenvalue weighted by molar-refractivity contribution is 8.00. The van der Waals surface area contributed by atoms with Crippen LogP contribution in [0.15, 0.2) is 46.0 Å². The number of hydrogen-bond acceptors (Lipinski definition) is 6. The normalized spacial score (nSPS) is 25.1. The van der Waals surface area contributed by atoms with Gasteiger partial charge in [0.05, 0.1) is 5.75 Å². The molecule has 4 aliphatic rings. The molecule has 2 N–H and O–H groups in total. The van der Waals surface area contributed by atoms with Crippen LogP contribution in [0.25, 0.3) is 0 Å². The zero-order valence-electron chi connectivity index (χ0n) is 19.6. The van der Waals surface area contributed by atoms with Crippen LogP contribution in [-0.4, -0.2) is 74.1 Å². The number of carboxylic acid groups (broad SMARTS) is 1. The SMILES string of the molecule is Cc1cc(C)cc(SCC(=O)N[C@@H]2C(=O)N3C(C(=O)O)=C(C=C4CCN(C5CC5)C4=O)CS[C@H]23)c1. The van der Waals surface area contributed by atoms with Crippen molar-refractivity contribution in [2.75, 3.05) is 18.1 Å². The standard InChI is InChI=1S/C25H27N3O5S2/c1-13-7-14(2)9-18(8-13)34-12-19(29)26-20-23(31)28-21(25(32)33)16(11-35-24(20)28)10-15-5-6-27(22(15)30)17-3-4-17/h7-10,17,20,24H,3-6,11-12H2,1-2H3,(H,26,29)(H,32,33)/t20-,24-/m1/s1. The van der Waals surface area contributed by atoms with Crippen LogP contribution < -0.4 is 5.32 Å². The Labute approximate surface area is 212 Å². The van der Waals surface area contributed by atoms with Gasteiger partial charge in [-0.15, -0.1) is 23.5 Å². The number of carboxylic acids is 1. The molecule has 5 rings (SSSR count). The quantitative estimate of drug-likeness (QED) is 0.328. The van der Waals surface area contributed by atoms with Gasteiger partial charge in [-0.1, -0.05) is 6.07 Å². The zero-order chi connectivity index (χ0) is 24.9. The average molecular weight is 514 g/mol. The minimum atomic E-state index is -1.20. The van der Waals surface area contributed by atoms with Gasteiger partial charge in [-0.2, -0.15) is 0 Å². The second kappa shape index (κ2) is 9.39. The highest BCUT2D eigenvalue weighted by Gasteiger charge is 2.54. The number of amides is 3. The van der Waals surface area contributed by atoms with Crippen molar-refractivity contribution in [3.63, 3.8) is 0 Å². The summed E-state index contributed by atoms with van der Waals surface area (Å²) in [5.74, 6) is -1.40. The molecule has 2 atom stereocenters. The second-order valence-electron chi connectivity index (χ2n) is 9.40. The first kappa shape index (κ1) is 24.0. The molecule has 35 heavy (non-hydrogen) atoms. The summed E-state index contributed by atoms with van der Waals surface area (Å²) in [6.07, 6.45) is 4.30. The predicted octanol–water partition coefficient (Wildman–Crippen LogP) is 2.46. The van der Waals surface area contributed by atoms with Crippen molar-refractivity contribution in [3.05, 3.63) is 52.2 Å². The Kier molecular flexibility index (Phi) is 6.43. The zero-order valence-corrected chi connectivity index (χ0v) is 21.2. The number of likely N-dealkylation sites (tertiary alicyclic amines) is 1. The molecule has 3 amide bonds. The molecule has 184 valence electrons. The molecule has 0 radical (unpaired) electrons. The van der Waals surface area contributed by atoms with E-state index in [9.17, 15) is 24.3 Å². The molecule has 0 aromatic heterocycles. The number of carbonyl (C=O) groups is 4. The Balaban J connectivity index is 1.25.